The van der Waals surface area contributed by atoms with Crippen molar-refractivity contribution in [3.8, 4) is 11.5 Å². The monoisotopic (exact) mass is 371 g/mol. The van der Waals surface area contributed by atoms with Crippen molar-refractivity contribution in [2.75, 3.05) is 7.11 Å². The normalized spacial score (nSPS) is 11.9. The van der Waals surface area contributed by atoms with Crippen molar-refractivity contribution in [2.24, 2.45) is 0 Å². The minimum Gasteiger partial charge on any atom is -0.497 e. The number of fused-ring (bicyclic) bond motifs is 1. The second-order valence-electron chi connectivity index (χ2n) is 6.53. The van der Waals surface area contributed by atoms with Crippen LogP contribution in [0, 0.1) is 0 Å². The van der Waals surface area contributed by atoms with E-state index in [1.807, 2.05) is 84.9 Å². The average Bonchev–Trinajstić information content (AvgIpc) is 2.77. The number of rotatable bonds is 6. The molecule has 0 amide bonds. The number of aromatic nitrogens is 1. The number of ether oxygens (including phenoxy) is 2. The van der Waals surface area contributed by atoms with Gasteiger partial charge >= 0.3 is 0 Å². The van der Waals surface area contributed by atoms with Crippen molar-refractivity contribution in [2.45, 2.75) is 12.7 Å². The Balaban J connectivity index is 1.48. The molecule has 0 aliphatic carbocycles. The molecule has 1 heterocycles. The molecule has 28 heavy (non-hydrogen) atoms. The van der Waals surface area contributed by atoms with Crippen LogP contribution >= 0.6 is 0 Å². The van der Waals surface area contributed by atoms with Gasteiger partial charge in [0.1, 0.15) is 24.2 Å². The molecule has 0 saturated carbocycles. The SMILES string of the molecule is COc1ccc(C(O)c2cccc(OCc3ccc4ccccc4n3)c2)cc1. The molecule has 0 saturated heterocycles. The van der Waals surface area contributed by atoms with E-state index in [9.17, 15) is 5.11 Å². The summed E-state index contributed by atoms with van der Waals surface area (Å²) in [6, 6.07) is 26.9. The van der Waals surface area contributed by atoms with Crippen molar-refractivity contribution in [1.82, 2.24) is 4.98 Å². The Hall–Kier alpha value is -3.37. The lowest BCUT2D eigenvalue weighted by Crippen LogP contribution is -2.02. The van der Waals surface area contributed by atoms with Crippen molar-refractivity contribution in [3.63, 3.8) is 0 Å². The van der Waals surface area contributed by atoms with Gasteiger partial charge in [-0.3, -0.25) is 0 Å². The highest BCUT2D eigenvalue weighted by molar-refractivity contribution is 5.78. The summed E-state index contributed by atoms with van der Waals surface area (Å²) in [6.07, 6.45) is -0.728. The van der Waals surface area contributed by atoms with Crippen LogP contribution in [0.4, 0.5) is 0 Å². The highest BCUT2D eigenvalue weighted by Crippen LogP contribution is 2.27. The van der Waals surface area contributed by atoms with Crippen molar-refractivity contribution < 1.29 is 14.6 Å². The number of hydrogen-bond acceptors (Lipinski definition) is 4. The van der Waals surface area contributed by atoms with Crippen LogP contribution in [0.15, 0.2) is 84.9 Å². The molecular formula is C24H21NO3. The first kappa shape index (κ1) is 18.0. The van der Waals surface area contributed by atoms with E-state index in [4.69, 9.17) is 9.47 Å². The number of hydrogen-bond donors (Lipinski definition) is 1. The van der Waals surface area contributed by atoms with Gasteiger partial charge < -0.3 is 14.6 Å². The predicted molar refractivity (Wildman–Crippen MR) is 110 cm³/mol. The van der Waals surface area contributed by atoms with Crippen LogP contribution in [-0.2, 0) is 6.61 Å². The van der Waals surface area contributed by atoms with Gasteiger partial charge in [0.2, 0.25) is 0 Å². The molecule has 0 fully saturated rings. The fraction of sp³-hybridized carbons (Fsp3) is 0.125. The smallest absolute Gasteiger partial charge is 0.130 e. The molecule has 1 aromatic heterocycles. The number of benzene rings is 3. The Morgan fingerprint density at radius 3 is 2.46 bits per heavy atom. The zero-order valence-corrected chi connectivity index (χ0v) is 15.6. The molecule has 140 valence electrons. The summed E-state index contributed by atoms with van der Waals surface area (Å²) in [5.41, 5.74) is 3.38. The third kappa shape index (κ3) is 3.97. The van der Waals surface area contributed by atoms with E-state index in [2.05, 4.69) is 4.98 Å². The largest absolute Gasteiger partial charge is 0.497 e. The number of para-hydroxylation sites is 1. The molecule has 4 heteroatoms. The molecule has 1 atom stereocenters. The maximum atomic E-state index is 10.7. The predicted octanol–water partition coefficient (Wildman–Crippen LogP) is 4.90. The van der Waals surface area contributed by atoms with Gasteiger partial charge in [0.15, 0.2) is 0 Å². The number of aliphatic hydroxyl groups is 1. The van der Waals surface area contributed by atoms with Crippen LogP contribution < -0.4 is 9.47 Å². The van der Waals surface area contributed by atoms with E-state index in [-0.39, 0.29) is 0 Å². The van der Waals surface area contributed by atoms with Gasteiger partial charge in [0, 0.05) is 5.39 Å². The van der Waals surface area contributed by atoms with Gasteiger partial charge in [-0.2, -0.15) is 0 Å². The lowest BCUT2D eigenvalue weighted by molar-refractivity contribution is 0.219. The zero-order chi connectivity index (χ0) is 19.3. The molecule has 0 bridgehead atoms. The molecule has 0 radical (unpaired) electrons. The molecule has 0 spiro atoms. The van der Waals surface area contributed by atoms with Crippen LogP contribution in [0.1, 0.15) is 22.9 Å². The Morgan fingerprint density at radius 1 is 0.821 bits per heavy atom. The van der Waals surface area contributed by atoms with Crippen molar-refractivity contribution in [3.05, 3.63) is 102 Å². The molecule has 0 aliphatic rings. The number of nitrogens with zero attached hydrogens (tertiary/aromatic N) is 1. The Morgan fingerprint density at radius 2 is 1.64 bits per heavy atom. The van der Waals surface area contributed by atoms with Crippen LogP contribution in [-0.4, -0.2) is 17.2 Å². The molecule has 4 aromatic rings. The second-order valence-corrected chi connectivity index (χ2v) is 6.53. The molecule has 1 N–H and O–H groups in total. The Kier molecular flexibility index (Phi) is 5.22. The molecule has 4 rings (SSSR count). The summed E-state index contributed by atoms with van der Waals surface area (Å²) in [7, 11) is 1.62. The van der Waals surface area contributed by atoms with Gasteiger partial charge in [0.05, 0.1) is 18.3 Å². The van der Waals surface area contributed by atoms with Gasteiger partial charge in [-0.05, 0) is 47.5 Å². The minimum atomic E-state index is -0.728. The Bertz CT molecular complexity index is 1080. The number of pyridine rings is 1. The van der Waals surface area contributed by atoms with Gasteiger partial charge in [-0.15, -0.1) is 0 Å². The summed E-state index contributed by atoms with van der Waals surface area (Å²) >= 11 is 0. The van der Waals surface area contributed by atoms with Crippen LogP contribution in [0.3, 0.4) is 0 Å². The molecule has 1 unspecified atom stereocenters. The fourth-order valence-electron chi connectivity index (χ4n) is 3.10. The van der Waals surface area contributed by atoms with E-state index >= 15 is 0 Å². The minimum absolute atomic E-state index is 0.368. The summed E-state index contributed by atoms with van der Waals surface area (Å²) in [5, 5.41) is 11.8. The molecule has 4 nitrogen and oxygen atoms in total. The van der Waals surface area contributed by atoms with Crippen LogP contribution in [0.5, 0.6) is 11.5 Å². The molecule has 3 aromatic carbocycles. The number of methoxy groups -OCH3 is 1. The van der Waals surface area contributed by atoms with Crippen molar-refractivity contribution >= 4 is 10.9 Å². The molecule has 0 aliphatic heterocycles. The average molecular weight is 371 g/mol. The van der Waals surface area contributed by atoms with Gasteiger partial charge in [-0.1, -0.05) is 48.5 Å². The van der Waals surface area contributed by atoms with Gasteiger partial charge in [0.25, 0.3) is 0 Å². The topological polar surface area (TPSA) is 51.6 Å². The fourth-order valence-corrected chi connectivity index (χ4v) is 3.10. The first-order chi connectivity index (χ1) is 13.7. The lowest BCUT2D eigenvalue weighted by atomic mass is 10.0. The van der Waals surface area contributed by atoms with Crippen LogP contribution in [0.2, 0.25) is 0 Å². The Labute approximate surface area is 164 Å². The third-order valence-electron chi connectivity index (χ3n) is 4.65. The highest BCUT2D eigenvalue weighted by Gasteiger charge is 2.11. The van der Waals surface area contributed by atoms with E-state index in [0.717, 1.165) is 33.5 Å². The van der Waals surface area contributed by atoms with E-state index in [1.54, 1.807) is 7.11 Å². The summed E-state index contributed by atoms with van der Waals surface area (Å²) in [4.78, 5) is 4.63. The maximum absolute atomic E-state index is 10.7. The first-order valence-electron chi connectivity index (χ1n) is 9.12. The van der Waals surface area contributed by atoms with Crippen molar-refractivity contribution in [1.29, 1.82) is 0 Å². The number of aliphatic hydroxyl groups excluding tert-OH is 1. The standard InChI is InChI=1S/C24H21NO3/c1-27-21-13-10-18(11-14-21)24(26)19-6-4-7-22(15-19)28-16-20-12-9-17-5-2-3-8-23(17)25-20/h2-15,24,26H,16H2,1H3. The maximum Gasteiger partial charge on any atom is 0.130 e. The summed E-state index contributed by atoms with van der Waals surface area (Å²) < 4.78 is 11.1. The second kappa shape index (κ2) is 8.11. The summed E-state index contributed by atoms with van der Waals surface area (Å²) in [5.74, 6) is 1.45. The highest BCUT2D eigenvalue weighted by atomic mass is 16.5. The van der Waals surface area contributed by atoms with Gasteiger partial charge in [-0.25, -0.2) is 4.98 Å². The third-order valence-corrected chi connectivity index (χ3v) is 4.65. The summed E-state index contributed by atoms with van der Waals surface area (Å²) in [6.45, 7) is 0.368. The first-order valence-corrected chi connectivity index (χ1v) is 9.12. The van der Waals surface area contributed by atoms with E-state index in [0.29, 0.717) is 12.4 Å². The van der Waals surface area contributed by atoms with E-state index in [1.165, 1.54) is 0 Å². The molecular weight excluding hydrogens is 350 g/mol. The lowest BCUT2D eigenvalue weighted by Gasteiger charge is -2.14. The van der Waals surface area contributed by atoms with E-state index < -0.39 is 6.10 Å². The van der Waals surface area contributed by atoms with Crippen LogP contribution in [0.25, 0.3) is 10.9 Å². The zero-order valence-electron chi connectivity index (χ0n) is 15.6. The quantitative estimate of drug-likeness (QED) is 0.523.